The van der Waals surface area contributed by atoms with Gasteiger partial charge in [0.05, 0.1) is 11.3 Å². The molecule has 0 bridgehead atoms. The number of carboxylic acid groups (broad SMARTS) is 1. The molecule has 1 aromatic carbocycles. The molecule has 1 fully saturated rings. The Morgan fingerprint density at radius 3 is 2.66 bits per heavy atom. The fourth-order valence-electron chi connectivity index (χ4n) is 3.56. The fraction of sp³-hybridized carbons (Fsp3) is 0.333. The Kier molecular flexibility index (Phi) is 4.90. The van der Waals surface area contributed by atoms with Crippen LogP contribution in [0.4, 0.5) is 0 Å². The lowest BCUT2D eigenvalue weighted by atomic mass is 10.1. The molecule has 154 valence electrons. The molecule has 0 radical (unpaired) electrons. The van der Waals surface area contributed by atoms with Crippen LogP contribution in [-0.4, -0.2) is 72.6 Å². The normalized spacial score (nSPS) is 16.6. The van der Waals surface area contributed by atoms with E-state index in [0.717, 1.165) is 13.1 Å². The molecule has 0 atom stereocenters. The summed E-state index contributed by atoms with van der Waals surface area (Å²) in [5.74, 6) is -1.04. The molecule has 29 heavy (non-hydrogen) atoms. The molecule has 0 unspecified atom stereocenters. The first-order valence-electron chi connectivity index (χ1n) is 9.08. The first kappa shape index (κ1) is 19.6. The Labute approximate surface area is 166 Å². The van der Waals surface area contributed by atoms with E-state index in [0.29, 0.717) is 34.9 Å². The van der Waals surface area contributed by atoms with Crippen molar-refractivity contribution < 1.29 is 18.3 Å². The molecule has 2 aromatic heterocycles. The number of aromatic nitrogens is 2. The standard InChI is InChI=1S/C18H21N5O5S/c1-22-4-6-23(7-5-22)21-29(27,28)12-2-3-14-13(9-12)16-11(8-15(24)25)10-19-17(16)18(26)20-14/h2-3,9-10,19,21H,4-8H2,1H3,(H,20,26)(H,24,25). The van der Waals surface area contributed by atoms with Gasteiger partial charge in [0.1, 0.15) is 5.52 Å². The number of pyridine rings is 1. The number of H-pyrrole nitrogens is 2. The van der Waals surface area contributed by atoms with Crippen LogP contribution in [0.2, 0.25) is 0 Å². The maximum atomic E-state index is 12.9. The van der Waals surface area contributed by atoms with Crippen LogP contribution < -0.4 is 10.4 Å². The van der Waals surface area contributed by atoms with E-state index in [2.05, 4.69) is 19.7 Å². The monoisotopic (exact) mass is 419 g/mol. The maximum Gasteiger partial charge on any atom is 0.307 e. The van der Waals surface area contributed by atoms with E-state index < -0.39 is 21.6 Å². The molecule has 10 nitrogen and oxygen atoms in total. The van der Waals surface area contributed by atoms with Crippen LogP contribution in [0, 0.1) is 0 Å². The van der Waals surface area contributed by atoms with Gasteiger partial charge in [0.25, 0.3) is 15.6 Å². The highest BCUT2D eigenvalue weighted by atomic mass is 32.2. The van der Waals surface area contributed by atoms with E-state index in [1.807, 2.05) is 7.05 Å². The molecule has 0 spiro atoms. The number of hydrogen-bond donors (Lipinski definition) is 4. The van der Waals surface area contributed by atoms with Crippen molar-refractivity contribution in [2.24, 2.45) is 0 Å². The third-order valence-electron chi connectivity index (χ3n) is 5.10. The summed E-state index contributed by atoms with van der Waals surface area (Å²) in [5.41, 5.74) is 0.683. The fourth-order valence-corrected chi connectivity index (χ4v) is 4.71. The second kappa shape index (κ2) is 7.26. The molecule has 0 saturated carbocycles. The van der Waals surface area contributed by atoms with Crippen molar-refractivity contribution in [3.05, 3.63) is 40.3 Å². The smallest absolute Gasteiger partial charge is 0.307 e. The molecule has 3 heterocycles. The average Bonchev–Trinajstić information content (AvgIpc) is 3.07. The Bertz CT molecular complexity index is 1250. The summed E-state index contributed by atoms with van der Waals surface area (Å²) in [6.07, 6.45) is 1.19. The van der Waals surface area contributed by atoms with Gasteiger partial charge in [0, 0.05) is 48.7 Å². The predicted octanol–water partition coefficient (Wildman–Crippen LogP) is 0.0772. The number of aromatic amines is 2. The molecule has 1 saturated heterocycles. The minimum Gasteiger partial charge on any atom is -0.481 e. The van der Waals surface area contributed by atoms with Crippen molar-refractivity contribution in [2.75, 3.05) is 33.2 Å². The largest absolute Gasteiger partial charge is 0.481 e. The Hall–Kier alpha value is -2.73. The number of fused-ring (bicyclic) bond motifs is 3. The lowest BCUT2D eigenvalue weighted by Gasteiger charge is -2.32. The van der Waals surface area contributed by atoms with E-state index >= 15 is 0 Å². The molecular formula is C18H21N5O5S. The number of carbonyl (C=O) groups is 1. The van der Waals surface area contributed by atoms with Crippen molar-refractivity contribution in [3.8, 4) is 0 Å². The van der Waals surface area contributed by atoms with E-state index in [4.69, 9.17) is 5.11 Å². The first-order valence-corrected chi connectivity index (χ1v) is 10.6. The number of piperazine rings is 1. The summed E-state index contributed by atoms with van der Waals surface area (Å²) < 4.78 is 25.8. The zero-order valence-electron chi connectivity index (χ0n) is 15.7. The second-order valence-corrected chi connectivity index (χ2v) is 8.84. The number of hydrogen-bond acceptors (Lipinski definition) is 6. The number of nitrogens with zero attached hydrogens (tertiary/aromatic N) is 2. The minimum absolute atomic E-state index is 0.0414. The van der Waals surface area contributed by atoms with Crippen molar-refractivity contribution in [1.82, 2.24) is 24.7 Å². The van der Waals surface area contributed by atoms with Crippen LogP contribution in [0.5, 0.6) is 0 Å². The van der Waals surface area contributed by atoms with E-state index in [-0.39, 0.29) is 16.8 Å². The zero-order chi connectivity index (χ0) is 20.8. The average molecular weight is 419 g/mol. The highest BCUT2D eigenvalue weighted by Crippen LogP contribution is 2.27. The minimum atomic E-state index is -3.83. The summed E-state index contributed by atoms with van der Waals surface area (Å²) in [4.78, 5) is 33.7. The SMILES string of the molecule is CN1CCN(NS(=O)(=O)c2ccc3[nH]c(=O)c4[nH]cc(CC(=O)O)c4c3c2)CC1. The Morgan fingerprint density at radius 2 is 1.97 bits per heavy atom. The van der Waals surface area contributed by atoms with Gasteiger partial charge in [-0.3, -0.25) is 9.59 Å². The van der Waals surface area contributed by atoms with Crippen LogP contribution in [0.1, 0.15) is 5.56 Å². The number of aliphatic carboxylic acids is 1. The number of likely N-dealkylation sites (N-methyl/N-ethyl adjacent to an activating group) is 1. The topological polar surface area (TPSA) is 139 Å². The van der Waals surface area contributed by atoms with Gasteiger partial charge in [-0.05, 0) is 30.8 Å². The third-order valence-corrected chi connectivity index (χ3v) is 6.48. The van der Waals surface area contributed by atoms with Crippen LogP contribution >= 0.6 is 0 Å². The van der Waals surface area contributed by atoms with Gasteiger partial charge in [-0.25, -0.2) is 13.4 Å². The summed E-state index contributed by atoms with van der Waals surface area (Å²) >= 11 is 0. The molecular weight excluding hydrogens is 398 g/mol. The molecule has 3 aromatic rings. The molecule has 0 aliphatic carbocycles. The summed E-state index contributed by atoms with van der Waals surface area (Å²) in [7, 11) is -1.85. The van der Waals surface area contributed by atoms with Gasteiger partial charge in [0.15, 0.2) is 0 Å². The van der Waals surface area contributed by atoms with Crippen molar-refractivity contribution >= 4 is 37.8 Å². The van der Waals surface area contributed by atoms with Gasteiger partial charge in [-0.2, -0.15) is 0 Å². The molecule has 4 rings (SSSR count). The van der Waals surface area contributed by atoms with Crippen LogP contribution in [-0.2, 0) is 21.2 Å². The molecule has 0 amide bonds. The highest BCUT2D eigenvalue weighted by Gasteiger charge is 2.23. The first-order chi connectivity index (χ1) is 13.7. The number of nitrogens with one attached hydrogen (secondary N) is 3. The van der Waals surface area contributed by atoms with E-state index in [1.54, 1.807) is 5.01 Å². The molecule has 11 heteroatoms. The molecule has 1 aliphatic rings. The van der Waals surface area contributed by atoms with Gasteiger partial charge in [-0.15, -0.1) is 4.83 Å². The lowest BCUT2D eigenvalue weighted by molar-refractivity contribution is -0.136. The van der Waals surface area contributed by atoms with Gasteiger partial charge < -0.3 is 20.0 Å². The molecule has 4 N–H and O–H groups in total. The van der Waals surface area contributed by atoms with Crippen LogP contribution in [0.15, 0.2) is 34.1 Å². The van der Waals surface area contributed by atoms with Crippen molar-refractivity contribution in [1.29, 1.82) is 0 Å². The van der Waals surface area contributed by atoms with Crippen molar-refractivity contribution in [3.63, 3.8) is 0 Å². The predicted molar refractivity (Wildman–Crippen MR) is 107 cm³/mol. The highest BCUT2D eigenvalue weighted by molar-refractivity contribution is 7.89. The zero-order valence-corrected chi connectivity index (χ0v) is 16.5. The number of rotatable bonds is 5. The van der Waals surface area contributed by atoms with Crippen molar-refractivity contribution in [2.45, 2.75) is 11.3 Å². The second-order valence-electron chi connectivity index (χ2n) is 7.18. The van der Waals surface area contributed by atoms with E-state index in [9.17, 15) is 18.0 Å². The van der Waals surface area contributed by atoms with E-state index in [1.165, 1.54) is 24.4 Å². The third kappa shape index (κ3) is 3.77. The maximum absolute atomic E-state index is 12.9. The summed E-state index contributed by atoms with van der Waals surface area (Å²) in [6.45, 7) is 2.65. The Morgan fingerprint density at radius 1 is 1.24 bits per heavy atom. The number of benzene rings is 1. The number of hydrazine groups is 1. The van der Waals surface area contributed by atoms with Gasteiger partial charge in [-0.1, -0.05) is 0 Å². The lowest BCUT2D eigenvalue weighted by Crippen LogP contribution is -2.52. The quantitative estimate of drug-likeness (QED) is 0.459. The summed E-state index contributed by atoms with van der Waals surface area (Å²) in [5, 5.41) is 11.7. The molecule has 1 aliphatic heterocycles. The number of carboxylic acids is 1. The van der Waals surface area contributed by atoms with Gasteiger partial charge in [0.2, 0.25) is 0 Å². The summed E-state index contributed by atoms with van der Waals surface area (Å²) in [6, 6.07) is 4.41. The number of sulfonamides is 1. The van der Waals surface area contributed by atoms with Gasteiger partial charge >= 0.3 is 5.97 Å². The Balaban J connectivity index is 1.79. The van der Waals surface area contributed by atoms with Crippen LogP contribution in [0.3, 0.4) is 0 Å². The van der Waals surface area contributed by atoms with Crippen LogP contribution in [0.25, 0.3) is 21.8 Å².